The van der Waals surface area contributed by atoms with Gasteiger partial charge in [-0.05, 0) is 32.4 Å². The highest BCUT2D eigenvalue weighted by molar-refractivity contribution is 5.71. The van der Waals surface area contributed by atoms with Crippen molar-refractivity contribution in [2.45, 2.75) is 32.6 Å². The number of aromatic amines is 1. The number of aryl methyl sites for hydroxylation is 1. The van der Waals surface area contributed by atoms with Gasteiger partial charge in [-0.3, -0.25) is 0 Å². The van der Waals surface area contributed by atoms with Crippen LogP contribution in [0.5, 0.6) is 5.88 Å². The first kappa shape index (κ1) is 12.8. The molecule has 2 heterocycles. The summed E-state index contributed by atoms with van der Waals surface area (Å²) in [5.41, 5.74) is 7.16. The number of pyridine rings is 1. The number of unbranched alkanes of at least 4 members (excludes halogenated alkanes) is 2. The fraction of sp³-hybridized carbons (Fsp3) is 0.538. The van der Waals surface area contributed by atoms with Crippen LogP contribution in [0.1, 0.15) is 32.0 Å². The lowest BCUT2D eigenvalue weighted by molar-refractivity contribution is 0.328. The van der Waals surface area contributed by atoms with Crippen molar-refractivity contribution < 1.29 is 4.74 Å². The summed E-state index contributed by atoms with van der Waals surface area (Å²) in [5, 5.41) is 0. The summed E-state index contributed by atoms with van der Waals surface area (Å²) >= 11 is 0. The Morgan fingerprint density at radius 2 is 2.11 bits per heavy atom. The van der Waals surface area contributed by atoms with E-state index in [4.69, 9.17) is 10.5 Å². The number of nitrogens with zero attached hydrogens (tertiary/aromatic N) is 2. The van der Waals surface area contributed by atoms with E-state index in [0.29, 0.717) is 12.5 Å². The Morgan fingerprint density at radius 3 is 2.89 bits per heavy atom. The van der Waals surface area contributed by atoms with E-state index in [1.807, 2.05) is 19.1 Å². The number of ether oxygens (including phenoxy) is 1. The first-order chi connectivity index (χ1) is 8.83. The van der Waals surface area contributed by atoms with E-state index in [-0.39, 0.29) is 0 Å². The summed E-state index contributed by atoms with van der Waals surface area (Å²) in [6, 6.07) is 3.83. The maximum absolute atomic E-state index is 5.47. The molecule has 3 N–H and O–H groups in total. The van der Waals surface area contributed by atoms with Gasteiger partial charge in [-0.1, -0.05) is 6.42 Å². The molecule has 5 heteroatoms. The molecule has 0 aliphatic rings. The molecule has 2 aromatic heterocycles. The van der Waals surface area contributed by atoms with Gasteiger partial charge in [0.15, 0.2) is 5.65 Å². The zero-order chi connectivity index (χ0) is 12.8. The van der Waals surface area contributed by atoms with Crippen LogP contribution in [0.3, 0.4) is 0 Å². The number of H-pyrrole nitrogens is 1. The van der Waals surface area contributed by atoms with Crippen LogP contribution in [0.25, 0.3) is 11.2 Å². The van der Waals surface area contributed by atoms with Crippen molar-refractivity contribution in [3.63, 3.8) is 0 Å². The minimum atomic E-state index is 0.620. The lowest BCUT2D eigenvalue weighted by atomic mass is 10.2. The van der Waals surface area contributed by atoms with Crippen LogP contribution >= 0.6 is 0 Å². The second-order valence-corrected chi connectivity index (χ2v) is 4.24. The monoisotopic (exact) mass is 248 g/mol. The summed E-state index contributed by atoms with van der Waals surface area (Å²) in [6.45, 7) is 3.33. The quantitative estimate of drug-likeness (QED) is 0.735. The Kier molecular flexibility index (Phi) is 4.52. The Morgan fingerprint density at radius 1 is 1.22 bits per heavy atom. The van der Waals surface area contributed by atoms with Crippen LogP contribution in [0.4, 0.5) is 0 Å². The van der Waals surface area contributed by atoms with Crippen LogP contribution in [-0.2, 0) is 6.42 Å². The molecule has 0 radical (unpaired) electrons. The predicted molar refractivity (Wildman–Crippen MR) is 71.7 cm³/mol. The van der Waals surface area contributed by atoms with Gasteiger partial charge in [-0.15, -0.1) is 0 Å². The first-order valence-electron chi connectivity index (χ1n) is 6.52. The third kappa shape index (κ3) is 3.20. The summed E-state index contributed by atoms with van der Waals surface area (Å²) in [4.78, 5) is 12.1. The molecular formula is C13H20N4O. The van der Waals surface area contributed by atoms with E-state index >= 15 is 0 Å². The van der Waals surface area contributed by atoms with Gasteiger partial charge < -0.3 is 15.5 Å². The van der Waals surface area contributed by atoms with Gasteiger partial charge in [0.1, 0.15) is 5.82 Å². The summed E-state index contributed by atoms with van der Waals surface area (Å²) in [5.74, 6) is 1.62. The highest BCUT2D eigenvalue weighted by Gasteiger charge is 2.05. The molecule has 0 amide bonds. The van der Waals surface area contributed by atoms with Crippen LogP contribution in [0.2, 0.25) is 0 Å². The number of imidazole rings is 1. The van der Waals surface area contributed by atoms with E-state index in [0.717, 1.165) is 49.2 Å². The van der Waals surface area contributed by atoms with Gasteiger partial charge in [-0.2, -0.15) is 4.98 Å². The number of rotatable bonds is 7. The predicted octanol–water partition coefficient (Wildman–Crippen LogP) is 2.03. The zero-order valence-corrected chi connectivity index (χ0v) is 10.8. The van der Waals surface area contributed by atoms with E-state index < -0.39 is 0 Å². The normalized spacial score (nSPS) is 11.0. The molecule has 0 aliphatic carbocycles. The number of hydrogen-bond acceptors (Lipinski definition) is 4. The van der Waals surface area contributed by atoms with Gasteiger partial charge >= 0.3 is 0 Å². The van der Waals surface area contributed by atoms with E-state index in [2.05, 4.69) is 15.0 Å². The Bertz CT molecular complexity index is 495. The summed E-state index contributed by atoms with van der Waals surface area (Å²) in [7, 11) is 0. The molecule has 0 aliphatic heterocycles. The molecule has 98 valence electrons. The Hall–Kier alpha value is -1.62. The third-order valence-electron chi connectivity index (χ3n) is 2.78. The van der Waals surface area contributed by atoms with Crippen molar-refractivity contribution in [1.82, 2.24) is 15.0 Å². The molecule has 0 spiro atoms. The number of nitrogens with one attached hydrogen (secondary N) is 1. The average molecular weight is 248 g/mol. The highest BCUT2D eigenvalue weighted by atomic mass is 16.5. The molecule has 0 unspecified atom stereocenters. The molecule has 5 nitrogen and oxygen atoms in total. The van der Waals surface area contributed by atoms with Crippen molar-refractivity contribution >= 4 is 11.2 Å². The molecule has 0 saturated heterocycles. The second-order valence-electron chi connectivity index (χ2n) is 4.24. The topological polar surface area (TPSA) is 76.8 Å². The minimum absolute atomic E-state index is 0.620. The molecule has 18 heavy (non-hydrogen) atoms. The van der Waals surface area contributed by atoms with Crippen molar-refractivity contribution in [2.24, 2.45) is 5.73 Å². The van der Waals surface area contributed by atoms with Crippen molar-refractivity contribution in [1.29, 1.82) is 0 Å². The maximum atomic E-state index is 5.47. The zero-order valence-electron chi connectivity index (χ0n) is 10.8. The minimum Gasteiger partial charge on any atom is -0.478 e. The Labute approximate surface area is 107 Å². The smallest absolute Gasteiger partial charge is 0.215 e. The van der Waals surface area contributed by atoms with Crippen LogP contribution < -0.4 is 10.5 Å². The standard InChI is InChI=1S/C13H20N4O/c1-2-18-12-8-7-10-13(17-12)16-11(15-10)6-4-3-5-9-14/h7-8H,2-6,9,14H2,1H3,(H,15,16,17). The summed E-state index contributed by atoms with van der Waals surface area (Å²) in [6.07, 6.45) is 4.27. The van der Waals surface area contributed by atoms with Gasteiger partial charge in [0.05, 0.1) is 12.1 Å². The van der Waals surface area contributed by atoms with Gasteiger partial charge in [0.2, 0.25) is 5.88 Å². The van der Waals surface area contributed by atoms with Gasteiger partial charge in [-0.25, -0.2) is 4.98 Å². The van der Waals surface area contributed by atoms with E-state index in [9.17, 15) is 0 Å². The number of nitrogens with two attached hydrogens (primary N) is 1. The molecule has 0 aromatic carbocycles. The number of hydrogen-bond donors (Lipinski definition) is 2. The molecule has 2 rings (SSSR count). The molecule has 0 saturated carbocycles. The lowest BCUT2D eigenvalue weighted by Crippen LogP contribution is -1.98. The van der Waals surface area contributed by atoms with Crippen LogP contribution in [0, 0.1) is 0 Å². The molecule has 0 bridgehead atoms. The van der Waals surface area contributed by atoms with Crippen LogP contribution in [-0.4, -0.2) is 28.1 Å². The van der Waals surface area contributed by atoms with Crippen molar-refractivity contribution in [3.8, 4) is 5.88 Å². The van der Waals surface area contributed by atoms with E-state index in [1.165, 1.54) is 0 Å². The lowest BCUT2D eigenvalue weighted by Gasteiger charge is -1.99. The molecule has 0 atom stereocenters. The van der Waals surface area contributed by atoms with Crippen molar-refractivity contribution in [2.75, 3.05) is 13.2 Å². The fourth-order valence-corrected chi connectivity index (χ4v) is 1.89. The number of fused-ring (bicyclic) bond motifs is 1. The SMILES string of the molecule is CCOc1ccc2[nH]c(CCCCCN)nc2n1. The molecular weight excluding hydrogens is 228 g/mol. The van der Waals surface area contributed by atoms with Gasteiger partial charge in [0, 0.05) is 12.5 Å². The largest absolute Gasteiger partial charge is 0.478 e. The molecule has 0 fully saturated rings. The average Bonchev–Trinajstić information content (AvgIpc) is 2.77. The Balaban J connectivity index is 2.02. The molecule has 2 aromatic rings. The highest BCUT2D eigenvalue weighted by Crippen LogP contribution is 2.15. The third-order valence-corrected chi connectivity index (χ3v) is 2.78. The summed E-state index contributed by atoms with van der Waals surface area (Å²) < 4.78 is 5.36. The fourth-order valence-electron chi connectivity index (χ4n) is 1.89. The second kappa shape index (κ2) is 6.35. The van der Waals surface area contributed by atoms with Crippen LogP contribution in [0.15, 0.2) is 12.1 Å². The van der Waals surface area contributed by atoms with E-state index in [1.54, 1.807) is 0 Å². The number of aromatic nitrogens is 3. The van der Waals surface area contributed by atoms with Gasteiger partial charge in [0.25, 0.3) is 0 Å². The first-order valence-corrected chi connectivity index (χ1v) is 6.52. The van der Waals surface area contributed by atoms with Crippen molar-refractivity contribution in [3.05, 3.63) is 18.0 Å². The maximum Gasteiger partial charge on any atom is 0.215 e.